The molecule has 1 aromatic carbocycles. The standard InChI is InChI=1S/C16H22S/c1-15(2,3)13-7-11-9-17-10-12(11)8-14(13)16(4,5)6/h7-10H,1-6H3. The van der Waals surface area contributed by atoms with Gasteiger partial charge in [0.15, 0.2) is 0 Å². The van der Waals surface area contributed by atoms with E-state index in [1.807, 2.05) is 0 Å². The maximum Gasteiger partial charge on any atom is -0.00144 e. The molecule has 1 heteroatoms. The van der Waals surface area contributed by atoms with E-state index >= 15 is 0 Å². The summed E-state index contributed by atoms with van der Waals surface area (Å²) in [5.74, 6) is 0. The molecular weight excluding hydrogens is 224 g/mol. The van der Waals surface area contributed by atoms with Gasteiger partial charge in [-0.05, 0) is 55.6 Å². The number of benzene rings is 1. The molecule has 0 unspecified atom stereocenters. The van der Waals surface area contributed by atoms with Crippen LogP contribution in [-0.4, -0.2) is 0 Å². The lowest BCUT2D eigenvalue weighted by Gasteiger charge is -2.30. The molecule has 92 valence electrons. The van der Waals surface area contributed by atoms with Crippen LogP contribution in [0.5, 0.6) is 0 Å². The van der Waals surface area contributed by atoms with Crippen LogP contribution in [0.15, 0.2) is 22.9 Å². The summed E-state index contributed by atoms with van der Waals surface area (Å²) in [6.45, 7) is 13.8. The van der Waals surface area contributed by atoms with Crippen molar-refractivity contribution in [3.63, 3.8) is 0 Å². The highest BCUT2D eigenvalue weighted by atomic mass is 32.1. The first-order valence-electron chi connectivity index (χ1n) is 6.20. The second-order valence-electron chi connectivity index (χ2n) is 6.90. The highest BCUT2D eigenvalue weighted by Gasteiger charge is 2.25. The predicted molar refractivity (Wildman–Crippen MR) is 79.2 cm³/mol. The molecule has 0 saturated heterocycles. The van der Waals surface area contributed by atoms with Gasteiger partial charge in [-0.1, -0.05) is 41.5 Å². The van der Waals surface area contributed by atoms with Gasteiger partial charge in [0.25, 0.3) is 0 Å². The maximum absolute atomic E-state index is 2.38. The van der Waals surface area contributed by atoms with Crippen molar-refractivity contribution < 1.29 is 0 Å². The SMILES string of the molecule is CC(C)(C)c1cc2cscc2cc1C(C)(C)C. The second kappa shape index (κ2) is 3.84. The topological polar surface area (TPSA) is 0 Å². The highest BCUT2D eigenvalue weighted by molar-refractivity contribution is 7.09. The largest absolute Gasteiger partial charge is 0.151 e. The number of fused-ring (bicyclic) bond motifs is 1. The van der Waals surface area contributed by atoms with Gasteiger partial charge >= 0.3 is 0 Å². The third kappa shape index (κ3) is 2.40. The van der Waals surface area contributed by atoms with Gasteiger partial charge < -0.3 is 0 Å². The van der Waals surface area contributed by atoms with Gasteiger partial charge in [0.1, 0.15) is 0 Å². The molecule has 17 heavy (non-hydrogen) atoms. The maximum atomic E-state index is 2.38. The van der Waals surface area contributed by atoms with Gasteiger partial charge in [0.05, 0.1) is 0 Å². The zero-order valence-electron chi connectivity index (χ0n) is 11.7. The molecular formula is C16H22S. The van der Waals surface area contributed by atoms with Crippen molar-refractivity contribution in [3.05, 3.63) is 34.0 Å². The fourth-order valence-corrected chi connectivity index (χ4v) is 3.03. The smallest absolute Gasteiger partial charge is 0.00144 e. The number of hydrogen-bond donors (Lipinski definition) is 0. The Balaban J connectivity index is 2.78. The first-order valence-corrected chi connectivity index (χ1v) is 7.15. The fraction of sp³-hybridized carbons (Fsp3) is 0.500. The number of rotatable bonds is 0. The van der Waals surface area contributed by atoms with Gasteiger partial charge in [0.2, 0.25) is 0 Å². The summed E-state index contributed by atoms with van der Waals surface area (Å²) in [5, 5.41) is 7.26. The first kappa shape index (κ1) is 12.6. The molecule has 0 fully saturated rings. The molecule has 0 N–H and O–H groups in total. The Kier molecular flexibility index (Phi) is 2.86. The molecule has 0 amide bonds. The van der Waals surface area contributed by atoms with E-state index in [4.69, 9.17) is 0 Å². The van der Waals surface area contributed by atoms with Crippen LogP contribution in [-0.2, 0) is 10.8 Å². The van der Waals surface area contributed by atoms with E-state index in [-0.39, 0.29) is 10.8 Å². The van der Waals surface area contributed by atoms with E-state index in [1.165, 1.54) is 21.9 Å². The Morgan fingerprint density at radius 2 is 1.06 bits per heavy atom. The lowest BCUT2D eigenvalue weighted by molar-refractivity contribution is 0.531. The number of thiophene rings is 1. The van der Waals surface area contributed by atoms with Crippen molar-refractivity contribution in [2.45, 2.75) is 52.4 Å². The minimum Gasteiger partial charge on any atom is -0.151 e. The van der Waals surface area contributed by atoms with Gasteiger partial charge in [-0.3, -0.25) is 0 Å². The lowest BCUT2D eigenvalue weighted by Crippen LogP contribution is -2.21. The summed E-state index contributed by atoms with van der Waals surface area (Å²) in [6, 6.07) is 4.76. The van der Waals surface area contributed by atoms with Gasteiger partial charge in [0, 0.05) is 0 Å². The Hall–Kier alpha value is -0.820. The molecule has 0 radical (unpaired) electrons. The minimum absolute atomic E-state index is 0.207. The van der Waals surface area contributed by atoms with Crippen LogP contribution < -0.4 is 0 Å². The average Bonchev–Trinajstić information content (AvgIpc) is 2.59. The van der Waals surface area contributed by atoms with Crippen molar-refractivity contribution in [1.29, 1.82) is 0 Å². The molecule has 2 aromatic rings. The van der Waals surface area contributed by atoms with Crippen LogP contribution in [0.25, 0.3) is 10.8 Å². The zero-order chi connectivity index (χ0) is 12.8. The molecule has 1 heterocycles. The van der Waals surface area contributed by atoms with Crippen LogP contribution in [0.3, 0.4) is 0 Å². The summed E-state index contributed by atoms with van der Waals surface area (Å²) in [4.78, 5) is 0. The molecule has 0 atom stereocenters. The Labute approximate surface area is 109 Å². The molecule has 0 bridgehead atoms. The minimum atomic E-state index is 0.207. The van der Waals surface area contributed by atoms with Crippen molar-refractivity contribution >= 4 is 22.1 Å². The van der Waals surface area contributed by atoms with Crippen LogP contribution in [0.4, 0.5) is 0 Å². The highest BCUT2D eigenvalue weighted by Crippen LogP contribution is 2.37. The zero-order valence-corrected chi connectivity index (χ0v) is 12.5. The van der Waals surface area contributed by atoms with E-state index in [2.05, 4.69) is 64.4 Å². The molecule has 0 saturated carbocycles. The van der Waals surface area contributed by atoms with Crippen LogP contribution in [0.1, 0.15) is 52.7 Å². The fourth-order valence-electron chi connectivity index (χ4n) is 2.26. The third-order valence-electron chi connectivity index (χ3n) is 3.23. The molecule has 0 aliphatic carbocycles. The molecule has 2 rings (SSSR count). The normalized spacial score (nSPS) is 13.3. The lowest BCUT2D eigenvalue weighted by atomic mass is 9.74. The Morgan fingerprint density at radius 1 is 0.706 bits per heavy atom. The monoisotopic (exact) mass is 246 g/mol. The van der Waals surface area contributed by atoms with Gasteiger partial charge in [-0.2, -0.15) is 11.3 Å². The molecule has 1 aromatic heterocycles. The van der Waals surface area contributed by atoms with E-state index in [0.29, 0.717) is 0 Å². The molecule has 0 aliphatic rings. The van der Waals surface area contributed by atoms with E-state index in [9.17, 15) is 0 Å². The Morgan fingerprint density at radius 3 is 1.35 bits per heavy atom. The van der Waals surface area contributed by atoms with Crippen molar-refractivity contribution in [2.75, 3.05) is 0 Å². The van der Waals surface area contributed by atoms with E-state index < -0.39 is 0 Å². The second-order valence-corrected chi connectivity index (χ2v) is 7.64. The van der Waals surface area contributed by atoms with Crippen molar-refractivity contribution in [2.24, 2.45) is 0 Å². The van der Waals surface area contributed by atoms with Crippen molar-refractivity contribution in [1.82, 2.24) is 0 Å². The predicted octanol–water partition coefficient (Wildman–Crippen LogP) is 5.50. The average molecular weight is 246 g/mol. The summed E-state index contributed by atoms with van der Waals surface area (Å²) in [6.07, 6.45) is 0. The van der Waals surface area contributed by atoms with Crippen LogP contribution >= 0.6 is 11.3 Å². The molecule has 0 aliphatic heterocycles. The van der Waals surface area contributed by atoms with Crippen LogP contribution in [0, 0.1) is 0 Å². The summed E-state index contributed by atoms with van der Waals surface area (Å²) in [7, 11) is 0. The first-order chi connectivity index (χ1) is 7.69. The summed E-state index contributed by atoms with van der Waals surface area (Å²) < 4.78 is 0. The molecule has 0 spiro atoms. The van der Waals surface area contributed by atoms with E-state index in [0.717, 1.165) is 0 Å². The summed E-state index contributed by atoms with van der Waals surface area (Å²) in [5.41, 5.74) is 3.38. The number of hydrogen-bond acceptors (Lipinski definition) is 1. The third-order valence-corrected chi connectivity index (χ3v) is 4.01. The quantitative estimate of drug-likeness (QED) is 0.576. The molecule has 0 nitrogen and oxygen atoms in total. The van der Waals surface area contributed by atoms with Crippen molar-refractivity contribution in [3.8, 4) is 0 Å². The van der Waals surface area contributed by atoms with E-state index in [1.54, 1.807) is 11.3 Å². The Bertz CT molecular complexity index is 485. The van der Waals surface area contributed by atoms with Gasteiger partial charge in [-0.15, -0.1) is 0 Å². The van der Waals surface area contributed by atoms with Crippen LogP contribution in [0.2, 0.25) is 0 Å². The van der Waals surface area contributed by atoms with Gasteiger partial charge in [-0.25, -0.2) is 0 Å². The summed E-state index contributed by atoms with van der Waals surface area (Å²) >= 11 is 1.79.